The molecule has 2 unspecified atom stereocenters. The number of fused-ring (bicyclic) bond motifs is 1. The van der Waals surface area contributed by atoms with E-state index >= 15 is 0 Å². The van der Waals surface area contributed by atoms with E-state index in [0.29, 0.717) is 5.92 Å². The molecule has 2 aromatic carbocycles. The van der Waals surface area contributed by atoms with Crippen LogP contribution in [0.1, 0.15) is 41.1 Å². The minimum atomic E-state index is -1.79. The molecule has 4 rings (SSSR count). The third-order valence-corrected chi connectivity index (χ3v) is 35.7. The molecule has 0 aromatic heterocycles. The Kier molecular flexibility index (Phi) is 8.87. The van der Waals surface area contributed by atoms with Gasteiger partial charge in [0.15, 0.2) is 0 Å². The molecule has 29 heavy (non-hydrogen) atoms. The number of benzene rings is 2. The summed E-state index contributed by atoms with van der Waals surface area (Å²) in [5.41, 5.74) is 9.28. The van der Waals surface area contributed by atoms with Gasteiger partial charge in [-0.15, -0.1) is 0 Å². The van der Waals surface area contributed by atoms with Gasteiger partial charge >= 0.3 is 174 Å². The Labute approximate surface area is 197 Å². The molecule has 4 heteroatoms. The maximum Gasteiger partial charge on any atom is -1.00 e. The molecule has 0 spiro atoms. The van der Waals surface area contributed by atoms with Crippen LogP contribution in [0.4, 0.5) is 0 Å². The summed E-state index contributed by atoms with van der Waals surface area (Å²) in [6.45, 7) is 7.27. The molecule has 0 amide bonds. The van der Waals surface area contributed by atoms with E-state index in [1.54, 1.807) is 16.7 Å². The molecule has 2 atom stereocenters. The van der Waals surface area contributed by atoms with Crippen molar-refractivity contribution in [1.82, 2.24) is 0 Å². The van der Waals surface area contributed by atoms with Gasteiger partial charge in [-0.25, -0.2) is 0 Å². The zero-order valence-electron chi connectivity index (χ0n) is 17.8. The molecular weight excluding hydrogens is 535 g/mol. The van der Waals surface area contributed by atoms with Crippen molar-refractivity contribution in [3.63, 3.8) is 0 Å². The first-order valence-electron chi connectivity index (χ1n) is 9.92. The van der Waals surface area contributed by atoms with Gasteiger partial charge < -0.3 is 24.8 Å². The van der Waals surface area contributed by atoms with E-state index in [0.717, 1.165) is 3.63 Å². The summed E-state index contributed by atoms with van der Waals surface area (Å²) in [4.78, 5) is 0. The van der Waals surface area contributed by atoms with Crippen LogP contribution in [0.3, 0.4) is 0 Å². The molecule has 0 aliphatic heterocycles. The van der Waals surface area contributed by atoms with Crippen molar-refractivity contribution >= 4 is 21.6 Å². The third kappa shape index (κ3) is 4.64. The Bertz CT molecular complexity index is 1030. The summed E-state index contributed by atoms with van der Waals surface area (Å²) in [6.07, 6.45) is 5.03. The van der Waals surface area contributed by atoms with Gasteiger partial charge in [0.2, 0.25) is 0 Å². The van der Waals surface area contributed by atoms with Crippen LogP contribution in [0, 0.1) is 5.92 Å². The van der Waals surface area contributed by atoms with E-state index < -0.39 is 28.6 Å². The fraction of sp³-hybridized carbons (Fsp3) is 0.280. The monoisotopic (exact) mass is 562 g/mol. The number of hydrogen-bond acceptors (Lipinski definition) is 0. The summed E-state index contributed by atoms with van der Waals surface area (Å²) in [5.74, 6) is 5.92. The standard InChI is InChI=1S/C13H13.C10H9.C2H6Ge.2ClH.Zr/c1-10-8-11(2)13(9-10)12-6-4-3-5-7-12;1-8-6-9-4-2-3-5-10(9)7-8;1-3-2;;;/h3-7,9-10H,1-2H3;2-7H,1H3;1-2H3;2*1H;/q;;;;;+2/p-2. The predicted molar refractivity (Wildman–Crippen MR) is 117 cm³/mol. The van der Waals surface area contributed by atoms with Crippen molar-refractivity contribution in [2.45, 2.75) is 35.9 Å². The normalized spacial score (nSPS) is 19.3. The summed E-state index contributed by atoms with van der Waals surface area (Å²) in [7, 11) is -1.03. The van der Waals surface area contributed by atoms with E-state index in [-0.39, 0.29) is 24.8 Å². The average molecular weight is 563 g/mol. The zero-order valence-corrected chi connectivity index (χ0v) is 23.8. The minimum absolute atomic E-state index is 0. The van der Waals surface area contributed by atoms with Crippen molar-refractivity contribution in [2.75, 3.05) is 0 Å². The van der Waals surface area contributed by atoms with E-state index in [4.69, 9.17) is 0 Å². The summed E-state index contributed by atoms with van der Waals surface area (Å²) in [5, 5.41) is 0. The molecule has 0 saturated heterocycles. The summed E-state index contributed by atoms with van der Waals surface area (Å²) in [6, 6.07) is 20.2. The molecule has 2 aliphatic rings. The van der Waals surface area contributed by atoms with Crippen LogP contribution in [-0.4, -0.2) is 9.98 Å². The van der Waals surface area contributed by atoms with Crippen molar-refractivity contribution in [1.29, 1.82) is 0 Å². The van der Waals surface area contributed by atoms with Crippen LogP contribution >= 0.6 is 0 Å². The van der Waals surface area contributed by atoms with Crippen LogP contribution in [0.2, 0.25) is 11.5 Å². The van der Waals surface area contributed by atoms with E-state index in [2.05, 4.69) is 99.0 Å². The molecule has 0 heterocycles. The third-order valence-electron chi connectivity index (χ3n) is 6.03. The Balaban J connectivity index is 0.00000150. The quantitative estimate of drug-likeness (QED) is 0.490. The number of allylic oxidation sites excluding steroid dienone is 5. The molecule has 150 valence electrons. The molecule has 0 radical (unpaired) electrons. The first-order chi connectivity index (χ1) is 13.0. The van der Waals surface area contributed by atoms with Gasteiger partial charge in [0, 0.05) is 0 Å². The van der Waals surface area contributed by atoms with Gasteiger partial charge in [-0.3, -0.25) is 0 Å². The fourth-order valence-electron chi connectivity index (χ4n) is 4.90. The first-order valence-corrected chi connectivity index (χ1v) is 24.2. The Morgan fingerprint density at radius 1 is 0.862 bits per heavy atom. The van der Waals surface area contributed by atoms with Crippen LogP contribution in [0.25, 0.3) is 11.6 Å². The molecule has 0 saturated carbocycles. The average Bonchev–Trinajstić information content (AvgIpc) is 3.14. The van der Waals surface area contributed by atoms with Gasteiger partial charge in [0.25, 0.3) is 0 Å². The second kappa shape index (κ2) is 10.3. The Morgan fingerprint density at radius 3 is 2.14 bits per heavy atom. The molecule has 0 nitrogen and oxygen atoms in total. The van der Waals surface area contributed by atoms with E-state index in [1.807, 2.05) is 3.28 Å². The molecule has 0 bridgehead atoms. The maximum absolute atomic E-state index is 2.65. The second-order valence-corrected chi connectivity index (χ2v) is 36.6. The number of rotatable bonds is 3. The van der Waals surface area contributed by atoms with Crippen LogP contribution in [-0.2, 0) is 18.6 Å². The smallest absolute Gasteiger partial charge is 1.00 e. The summed E-state index contributed by atoms with van der Waals surface area (Å²) >= 11 is -1.79. The molecule has 2 aliphatic carbocycles. The van der Waals surface area contributed by atoms with Gasteiger partial charge in [0.05, 0.1) is 0 Å². The van der Waals surface area contributed by atoms with Gasteiger partial charge in [0.1, 0.15) is 0 Å². The SMILES string of the molecule is CC1=Cc2ccccc2[CH]1[Zr+2]([C]1=C(C)C(c2ccccc2)=CC1C)=[Ge]([CH3])[CH3].[Cl-].[Cl-]. The summed E-state index contributed by atoms with van der Waals surface area (Å²) < 4.78 is 2.68. The Hall–Kier alpha value is -0.334. The first kappa shape index (κ1) is 24.9. The van der Waals surface area contributed by atoms with Gasteiger partial charge in [-0.2, -0.15) is 0 Å². The Morgan fingerprint density at radius 2 is 1.48 bits per heavy atom. The molecule has 2 aromatic rings. The van der Waals surface area contributed by atoms with Gasteiger partial charge in [-0.05, 0) is 0 Å². The van der Waals surface area contributed by atoms with E-state index in [1.165, 1.54) is 16.7 Å². The number of halogens is 2. The fourth-order valence-corrected chi connectivity index (χ4v) is 37.6. The van der Waals surface area contributed by atoms with Crippen molar-refractivity contribution in [3.8, 4) is 0 Å². The molecule has 0 N–H and O–H groups in total. The van der Waals surface area contributed by atoms with Crippen LogP contribution < -0.4 is 24.8 Å². The van der Waals surface area contributed by atoms with Crippen molar-refractivity contribution < 1.29 is 43.4 Å². The zero-order chi connectivity index (χ0) is 19.1. The van der Waals surface area contributed by atoms with E-state index in [9.17, 15) is 0 Å². The van der Waals surface area contributed by atoms with Crippen molar-refractivity contribution in [2.24, 2.45) is 5.92 Å². The topological polar surface area (TPSA) is 0 Å². The molecule has 0 fully saturated rings. The van der Waals surface area contributed by atoms with Crippen molar-refractivity contribution in [3.05, 3.63) is 91.8 Å². The van der Waals surface area contributed by atoms with Crippen LogP contribution in [0.5, 0.6) is 0 Å². The second-order valence-electron chi connectivity index (χ2n) is 8.14. The largest absolute Gasteiger partial charge is 1.00 e. The van der Waals surface area contributed by atoms with Gasteiger partial charge in [-0.1, -0.05) is 0 Å². The minimum Gasteiger partial charge on any atom is -1.00 e. The molecular formula is C25H28Cl2GeZr. The van der Waals surface area contributed by atoms with Crippen LogP contribution in [0.15, 0.2) is 75.1 Å². The number of hydrogen-bond donors (Lipinski definition) is 0. The maximum atomic E-state index is 2.65. The predicted octanol–water partition coefficient (Wildman–Crippen LogP) is 1.03.